The van der Waals surface area contributed by atoms with Crippen molar-refractivity contribution in [3.05, 3.63) is 53.4 Å². The molecule has 5 rings (SSSR count). The fraction of sp³-hybridized carbons (Fsp3) is 0.250. The van der Waals surface area contributed by atoms with Crippen LogP contribution in [-0.4, -0.2) is 36.0 Å². The van der Waals surface area contributed by atoms with E-state index in [4.69, 9.17) is 9.47 Å². The zero-order valence-electron chi connectivity index (χ0n) is 18.4. The fourth-order valence-electron chi connectivity index (χ4n) is 3.88. The van der Waals surface area contributed by atoms with Crippen LogP contribution in [0.4, 0.5) is 10.8 Å². The Hall–Kier alpha value is -3.92. The van der Waals surface area contributed by atoms with Crippen LogP contribution >= 0.6 is 11.3 Å². The SMILES string of the molecule is CC(=O)NCc1ccc(-c2csc(NC(=O)C3CC(=O)N(c4ccc5c(c4)OCO5)C3)n2)cc1. The van der Waals surface area contributed by atoms with E-state index in [1.807, 2.05) is 29.6 Å². The van der Waals surface area contributed by atoms with Crippen LogP contribution in [0.15, 0.2) is 47.8 Å². The molecule has 0 spiro atoms. The van der Waals surface area contributed by atoms with Gasteiger partial charge in [0.15, 0.2) is 16.6 Å². The Morgan fingerprint density at radius 3 is 2.74 bits per heavy atom. The van der Waals surface area contributed by atoms with E-state index in [1.165, 1.54) is 18.3 Å². The maximum absolute atomic E-state index is 12.8. The van der Waals surface area contributed by atoms with E-state index in [1.54, 1.807) is 23.1 Å². The average molecular weight is 479 g/mol. The zero-order valence-corrected chi connectivity index (χ0v) is 19.2. The van der Waals surface area contributed by atoms with Crippen molar-refractivity contribution < 1.29 is 23.9 Å². The van der Waals surface area contributed by atoms with Gasteiger partial charge in [0.25, 0.3) is 0 Å². The first-order valence-corrected chi connectivity index (χ1v) is 11.6. The molecule has 0 saturated carbocycles. The van der Waals surface area contributed by atoms with Gasteiger partial charge in [0.05, 0.1) is 11.6 Å². The molecule has 0 radical (unpaired) electrons. The van der Waals surface area contributed by atoms with Crippen molar-refractivity contribution in [1.29, 1.82) is 0 Å². The summed E-state index contributed by atoms with van der Waals surface area (Å²) in [6.07, 6.45) is 0.133. The Kier molecular flexibility index (Phi) is 5.89. The van der Waals surface area contributed by atoms with E-state index in [-0.39, 0.29) is 37.5 Å². The van der Waals surface area contributed by atoms with Crippen molar-refractivity contribution in [1.82, 2.24) is 10.3 Å². The molecule has 3 amide bonds. The summed E-state index contributed by atoms with van der Waals surface area (Å²) >= 11 is 1.33. The topological polar surface area (TPSA) is 110 Å². The van der Waals surface area contributed by atoms with Gasteiger partial charge in [-0.2, -0.15) is 0 Å². The predicted octanol–water partition coefficient (Wildman–Crippen LogP) is 3.17. The quantitative estimate of drug-likeness (QED) is 0.563. The summed E-state index contributed by atoms with van der Waals surface area (Å²) in [6, 6.07) is 13.0. The molecule has 1 aromatic heterocycles. The summed E-state index contributed by atoms with van der Waals surface area (Å²) in [5.41, 5.74) is 3.33. The van der Waals surface area contributed by atoms with Crippen LogP contribution in [0.5, 0.6) is 11.5 Å². The van der Waals surface area contributed by atoms with Crippen molar-refractivity contribution in [2.75, 3.05) is 23.6 Å². The van der Waals surface area contributed by atoms with Crippen LogP contribution in [0.1, 0.15) is 18.9 Å². The Morgan fingerprint density at radius 2 is 1.94 bits per heavy atom. The van der Waals surface area contributed by atoms with Crippen LogP contribution < -0.4 is 25.0 Å². The number of anilines is 2. The molecule has 3 aromatic rings. The van der Waals surface area contributed by atoms with Gasteiger partial charge in [-0.25, -0.2) is 4.98 Å². The van der Waals surface area contributed by atoms with Gasteiger partial charge in [-0.1, -0.05) is 24.3 Å². The molecular weight excluding hydrogens is 456 g/mol. The van der Waals surface area contributed by atoms with E-state index in [0.717, 1.165) is 16.8 Å². The molecule has 2 aliphatic heterocycles. The Morgan fingerprint density at radius 1 is 1.15 bits per heavy atom. The fourth-order valence-corrected chi connectivity index (χ4v) is 4.60. The normalized spacial score (nSPS) is 16.6. The summed E-state index contributed by atoms with van der Waals surface area (Å²) in [7, 11) is 0. The molecule has 0 bridgehead atoms. The number of nitrogens with one attached hydrogen (secondary N) is 2. The highest BCUT2D eigenvalue weighted by atomic mass is 32.1. The largest absolute Gasteiger partial charge is 0.454 e. The monoisotopic (exact) mass is 478 g/mol. The number of carbonyl (C=O) groups is 3. The molecule has 34 heavy (non-hydrogen) atoms. The molecule has 1 unspecified atom stereocenters. The number of thiazole rings is 1. The molecule has 2 N–H and O–H groups in total. The van der Waals surface area contributed by atoms with E-state index in [2.05, 4.69) is 15.6 Å². The van der Waals surface area contributed by atoms with Crippen LogP contribution in [-0.2, 0) is 20.9 Å². The predicted molar refractivity (Wildman–Crippen MR) is 127 cm³/mol. The van der Waals surface area contributed by atoms with Crippen molar-refractivity contribution in [3.8, 4) is 22.8 Å². The van der Waals surface area contributed by atoms with Crippen molar-refractivity contribution in [2.45, 2.75) is 19.9 Å². The van der Waals surface area contributed by atoms with E-state index in [9.17, 15) is 14.4 Å². The maximum atomic E-state index is 12.8. The van der Waals surface area contributed by atoms with E-state index in [0.29, 0.717) is 28.9 Å². The maximum Gasteiger partial charge on any atom is 0.231 e. The lowest BCUT2D eigenvalue weighted by molar-refractivity contribution is -0.122. The molecule has 3 heterocycles. The van der Waals surface area contributed by atoms with Gasteiger partial charge in [-0.05, 0) is 17.7 Å². The summed E-state index contributed by atoms with van der Waals surface area (Å²) < 4.78 is 10.7. The minimum absolute atomic E-state index is 0.0769. The average Bonchev–Trinajstić information content (AvgIpc) is 3.57. The number of amides is 3. The molecule has 2 aromatic carbocycles. The number of ether oxygens (including phenoxy) is 2. The first-order valence-electron chi connectivity index (χ1n) is 10.8. The number of carbonyl (C=O) groups excluding carboxylic acids is 3. The third kappa shape index (κ3) is 4.58. The second kappa shape index (κ2) is 9.14. The Bertz CT molecular complexity index is 1260. The molecule has 1 fully saturated rings. The van der Waals surface area contributed by atoms with Gasteiger partial charge >= 0.3 is 0 Å². The summed E-state index contributed by atoms with van der Waals surface area (Å²) in [5.74, 6) is 0.343. The van der Waals surface area contributed by atoms with Gasteiger partial charge in [0.2, 0.25) is 24.5 Å². The summed E-state index contributed by atoms with van der Waals surface area (Å²) in [5, 5.41) is 7.97. The van der Waals surface area contributed by atoms with Crippen LogP contribution in [0.3, 0.4) is 0 Å². The van der Waals surface area contributed by atoms with E-state index < -0.39 is 5.92 Å². The number of nitrogens with zero attached hydrogens (tertiary/aromatic N) is 2. The molecule has 1 saturated heterocycles. The van der Waals surface area contributed by atoms with Crippen LogP contribution in [0, 0.1) is 5.92 Å². The zero-order chi connectivity index (χ0) is 23.7. The van der Waals surface area contributed by atoms with E-state index >= 15 is 0 Å². The van der Waals surface area contributed by atoms with Gasteiger partial charge in [-0.3, -0.25) is 14.4 Å². The highest BCUT2D eigenvalue weighted by molar-refractivity contribution is 7.14. The third-order valence-electron chi connectivity index (χ3n) is 5.69. The van der Waals surface area contributed by atoms with Gasteiger partial charge in [0.1, 0.15) is 0 Å². The highest BCUT2D eigenvalue weighted by Gasteiger charge is 2.36. The Balaban J connectivity index is 1.21. The highest BCUT2D eigenvalue weighted by Crippen LogP contribution is 2.37. The minimum atomic E-state index is -0.474. The smallest absolute Gasteiger partial charge is 0.231 e. The first-order chi connectivity index (χ1) is 16.5. The number of hydrogen-bond acceptors (Lipinski definition) is 7. The standard InChI is InChI=1S/C24H22N4O5S/c1-14(29)25-10-15-2-4-16(5-3-15)19-12-34-24(26-19)27-23(31)17-8-22(30)28(11-17)18-6-7-20-21(9-18)33-13-32-20/h2-7,9,12,17H,8,10-11,13H2,1H3,(H,25,29)(H,26,27,31). The summed E-state index contributed by atoms with van der Waals surface area (Å²) in [4.78, 5) is 42.6. The molecular formula is C24H22N4O5S. The van der Waals surface area contributed by atoms with Crippen LogP contribution in [0.25, 0.3) is 11.3 Å². The number of fused-ring (bicyclic) bond motifs is 1. The lowest BCUT2D eigenvalue weighted by atomic mass is 10.1. The molecule has 9 nitrogen and oxygen atoms in total. The first kappa shape index (κ1) is 21.9. The van der Waals surface area contributed by atoms with Gasteiger partial charge in [-0.15, -0.1) is 11.3 Å². The second-order valence-electron chi connectivity index (χ2n) is 8.08. The lowest BCUT2D eigenvalue weighted by Gasteiger charge is -2.17. The summed E-state index contributed by atoms with van der Waals surface area (Å²) in [6.45, 7) is 2.40. The minimum Gasteiger partial charge on any atom is -0.454 e. The molecule has 174 valence electrons. The molecule has 10 heteroatoms. The number of hydrogen-bond donors (Lipinski definition) is 2. The molecule has 1 atom stereocenters. The second-order valence-corrected chi connectivity index (χ2v) is 8.93. The van der Waals surface area contributed by atoms with Crippen molar-refractivity contribution >= 4 is 39.9 Å². The molecule has 2 aliphatic rings. The van der Waals surface area contributed by atoms with Gasteiger partial charge in [0, 0.05) is 49.1 Å². The van der Waals surface area contributed by atoms with Crippen molar-refractivity contribution in [2.24, 2.45) is 5.92 Å². The lowest BCUT2D eigenvalue weighted by Crippen LogP contribution is -2.28. The third-order valence-corrected chi connectivity index (χ3v) is 6.45. The molecule has 0 aliphatic carbocycles. The van der Waals surface area contributed by atoms with Crippen molar-refractivity contribution in [3.63, 3.8) is 0 Å². The van der Waals surface area contributed by atoms with Gasteiger partial charge < -0.3 is 25.0 Å². The van der Waals surface area contributed by atoms with Crippen LogP contribution in [0.2, 0.25) is 0 Å². The number of rotatable bonds is 6. The number of aromatic nitrogens is 1. The Labute approximate surface area is 199 Å². The number of benzene rings is 2.